The average molecular weight is 463 g/mol. The van der Waals surface area contributed by atoms with Crippen LogP contribution >= 0.6 is 23.2 Å². The van der Waals surface area contributed by atoms with E-state index >= 15 is 0 Å². The molecule has 3 rings (SSSR count). The standard InChI is InChI=1S/C21H16Cl2N2O6/c1-11(26)25-14-3-5-15-12(6-19(27)31-18(15)8-14)10-30-20(28)9-24-21(29)16-4-2-13(22)7-17(16)23/h2-8H,9-10H2,1H3,(H,24,29)(H,25,26). The summed E-state index contributed by atoms with van der Waals surface area (Å²) in [6, 6.07) is 10.3. The first-order valence-corrected chi connectivity index (χ1v) is 9.72. The fourth-order valence-electron chi connectivity index (χ4n) is 2.76. The summed E-state index contributed by atoms with van der Waals surface area (Å²) in [5.41, 5.74) is 0.641. The molecule has 2 amide bonds. The molecule has 160 valence electrons. The molecule has 0 spiro atoms. The molecule has 0 saturated carbocycles. The Labute approximate surface area is 186 Å². The Kier molecular flexibility index (Phi) is 6.94. The lowest BCUT2D eigenvalue weighted by atomic mass is 10.1. The summed E-state index contributed by atoms with van der Waals surface area (Å²) < 4.78 is 10.3. The van der Waals surface area contributed by atoms with Crippen LogP contribution in [-0.2, 0) is 20.9 Å². The Morgan fingerprint density at radius 1 is 1.06 bits per heavy atom. The molecule has 0 aliphatic heterocycles. The number of carbonyl (C=O) groups is 3. The van der Waals surface area contributed by atoms with Gasteiger partial charge in [-0.15, -0.1) is 0 Å². The minimum atomic E-state index is -0.713. The van der Waals surface area contributed by atoms with Gasteiger partial charge in [0.25, 0.3) is 5.91 Å². The molecule has 1 aromatic heterocycles. The number of rotatable bonds is 6. The molecule has 8 nitrogen and oxygen atoms in total. The lowest BCUT2D eigenvalue weighted by Crippen LogP contribution is -2.30. The summed E-state index contributed by atoms with van der Waals surface area (Å²) in [6.07, 6.45) is 0. The zero-order chi connectivity index (χ0) is 22.5. The molecule has 31 heavy (non-hydrogen) atoms. The normalized spacial score (nSPS) is 10.5. The van der Waals surface area contributed by atoms with E-state index in [1.807, 2.05) is 0 Å². The molecule has 1 heterocycles. The van der Waals surface area contributed by atoms with E-state index in [1.54, 1.807) is 12.1 Å². The molecule has 3 aromatic rings. The number of halogens is 2. The summed E-state index contributed by atoms with van der Waals surface area (Å²) in [6.45, 7) is 0.748. The van der Waals surface area contributed by atoms with Gasteiger partial charge in [0, 0.05) is 40.7 Å². The molecule has 2 aromatic carbocycles. The molecule has 0 bridgehead atoms. The van der Waals surface area contributed by atoms with Crippen LogP contribution in [0.5, 0.6) is 0 Å². The van der Waals surface area contributed by atoms with E-state index in [0.717, 1.165) is 0 Å². The van der Waals surface area contributed by atoms with Crippen molar-refractivity contribution in [2.45, 2.75) is 13.5 Å². The minimum absolute atomic E-state index is 0.152. The molecule has 0 unspecified atom stereocenters. The van der Waals surface area contributed by atoms with Crippen molar-refractivity contribution >= 4 is 57.6 Å². The Balaban J connectivity index is 1.65. The molecule has 0 atom stereocenters. The minimum Gasteiger partial charge on any atom is -0.459 e. The highest BCUT2D eigenvalue weighted by Crippen LogP contribution is 2.22. The number of hydrogen-bond acceptors (Lipinski definition) is 6. The first kappa shape index (κ1) is 22.3. The number of nitrogens with one attached hydrogen (secondary N) is 2. The third-order valence-electron chi connectivity index (χ3n) is 4.11. The second-order valence-corrected chi connectivity index (χ2v) is 7.29. The van der Waals surface area contributed by atoms with Crippen LogP contribution < -0.4 is 16.3 Å². The number of ether oxygens (including phenoxy) is 1. The summed E-state index contributed by atoms with van der Waals surface area (Å²) in [7, 11) is 0. The summed E-state index contributed by atoms with van der Waals surface area (Å²) >= 11 is 11.8. The van der Waals surface area contributed by atoms with Gasteiger partial charge in [-0.1, -0.05) is 23.2 Å². The van der Waals surface area contributed by atoms with Gasteiger partial charge in [-0.3, -0.25) is 14.4 Å². The van der Waals surface area contributed by atoms with Crippen LogP contribution in [0.15, 0.2) is 51.7 Å². The maximum Gasteiger partial charge on any atom is 0.336 e. The van der Waals surface area contributed by atoms with Crippen molar-refractivity contribution in [2.24, 2.45) is 0 Å². The molecular formula is C21H16Cl2N2O6. The number of benzene rings is 2. The molecule has 0 radical (unpaired) electrons. The lowest BCUT2D eigenvalue weighted by Gasteiger charge is -2.10. The van der Waals surface area contributed by atoms with Gasteiger partial charge < -0.3 is 19.8 Å². The highest BCUT2D eigenvalue weighted by atomic mass is 35.5. The summed E-state index contributed by atoms with van der Waals surface area (Å²) in [5.74, 6) is -1.54. The van der Waals surface area contributed by atoms with Gasteiger partial charge >= 0.3 is 11.6 Å². The van der Waals surface area contributed by atoms with Crippen LogP contribution in [0.25, 0.3) is 11.0 Å². The Morgan fingerprint density at radius 3 is 2.55 bits per heavy atom. The van der Waals surface area contributed by atoms with E-state index in [2.05, 4.69) is 10.6 Å². The third-order valence-corrected chi connectivity index (χ3v) is 4.66. The zero-order valence-corrected chi connectivity index (χ0v) is 17.7. The smallest absolute Gasteiger partial charge is 0.336 e. The number of carbonyl (C=O) groups excluding carboxylic acids is 3. The highest BCUT2D eigenvalue weighted by Gasteiger charge is 2.14. The van der Waals surface area contributed by atoms with Gasteiger partial charge in [0.1, 0.15) is 18.7 Å². The van der Waals surface area contributed by atoms with Crippen LogP contribution in [0, 0.1) is 0 Å². The molecule has 0 aliphatic carbocycles. The number of anilines is 1. The van der Waals surface area contributed by atoms with E-state index in [9.17, 15) is 19.2 Å². The number of amides is 2. The summed E-state index contributed by atoms with van der Waals surface area (Å²) in [5, 5.41) is 6.07. The van der Waals surface area contributed by atoms with Crippen molar-refractivity contribution in [1.82, 2.24) is 5.32 Å². The Bertz CT molecular complexity index is 1240. The van der Waals surface area contributed by atoms with E-state index in [0.29, 0.717) is 21.7 Å². The van der Waals surface area contributed by atoms with Crippen molar-refractivity contribution in [3.63, 3.8) is 0 Å². The van der Waals surface area contributed by atoms with Crippen molar-refractivity contribution in [3.05, 3.63) is 74.1 Å². The lowest BCUT2D eigenvalue weighted by molar-refractivity contribution is -0.143. The van der Waals surface area contributed by atoms with Gasteiger partial charge in [0.15, 0.2) is 0 Å². The maximum atomic E-state index is 12.2. The quantitative estimate of drug-likeness (QED) is 0.427. The maximum absolute atomic E-state index is 12.2. The number of fused-ring (bicyclic) bond motifs is 1. The third kappa shape index (κ3) is 5.84. The van der Waals surface area contributed by atoms with Crippen LogP contribution in [0.1, 0.15) is 22.8 Å². The van der Waals surface area contributed by atoms with Gasteiger partial charge in [-0.25, -0.2) is 4.79 Å². The predicted molar refractivity (Wildman–Crippen MR) is 115 cm³/mol. The van der Waals surface area contributed by atoms with Crippen LogP contribution in [0.3, 0.4) is 0 Å². The molecule has 10 heteroatoms. The van der Waals surface area contributed by atoms with Crippen LogP contribution in [-0.4, -0.2) is 24.3 Å². The van der Waals surface area contributed by atoms with Gasteiger partial charge in [0.2, 0.25) is 5.91 Å². The molecule has 0 aliphatic rings. The van der Waals surface area contributed by atoms with Crippen molar-refractivity contribution in [3.8, 4) is 0 Å². The zero-order valence-electron chi connectivity index (χ0n) is 16.2. The fourth-order valence-corrected chi connectivity index (χ4v) is 3.26. The average Bonchev–Trinajstić information content (AvgIpc) is 2.69. The van der Waals surface area contributed by atoms with Gasteiger partial charge in [0.05, 0.1) is 10.6 Å². The van der Waals surface area contributed by atoms with Crippen molar-refractivity contribution in [2.75, 3.05) is 11.9 Å². The van der Waals surface area contributed by atoms with Crippen LogP contribution in [0.4, 0.5) is 5.69 Å². The molecule has 0 fully saturated rings. The highest BCUT2D eigenvalue weighted by molar-refractivity contribution is 6.36. The van der Waals surface area contributed by atoms with E-state index in [1.165, 1.54) is 37.3 Å². The largest absolute Gasteiger partial charge is 0.459 e. The van der Waals surface area contributed by atoms with Gasteiger partial charge in [-0.2, -0.15) is 0 Å². The first-order chi connectivity index (χ1) is 14.7. The van der Waals surface area contributed by atoms with Gasteiger partial charge in [-0.05, 0) is 30.3 Å². The molecule has 0 saturated heterocycles. The predicted octanol–water partition coefficient (Wildman–Crippen LogP) is 3.53. The van der Waals surface area contributed by atoms with E-state index in [4.69, 9.17) is 32.4 Å². The summed E-state index contributed by atoms with van der Waals surface area (Å²) in [4.78, 5) is 47.2. The second-order valence-electron chi connectivity index (χ2n) is 6.45. The fraction of sp³-hybridized carbons (Fsp3) is 0.143. The van der Waals surface area contributed by atoms with Crippen molar-refractivity contribution in [1.29, 1.82) is 0 Å². The Hall–Kier alpha value is -3.36. The monoisotopic (exact) mass is 462 g/mol. The van der Waals surface area contributed by atoms with Crippen molar-refractivity contribution < 1.29 is 23.5 Å². The van der Waals surface area contributed by atoms with Crippen LogP contribution in [0.2, 0.25) is 10.0 Å². The van der Waals surface area contributed by atoms with E-state index in [-0.39, 0.29) is 28.7 Å². The molecule has 2 N–H and O–H groups in total. The first-order valence-electron chi connectivity index (χ1n) is 8.96. The topological polar surface area (TPSA) is 115 Å². The second kappa shape index (κ2) is 9.63. The number of hydrogen-bond donors (Lipinski definition) is 2. The number of esters is 1. The van der Waals surface area contributed by atoms with E-state index < -0.39 is 24.0 Å². The SMILES string of the molecule is CC(=O)Nc1ccc2c(COC(=O)CNC(=O)c3ccc(Cl)cc3Cl)cc(=O)oc2c1. The Morgan fingerprint density at radius 2 is 1.84 bits per heavy atom. The molecular weight excluding hydrogens is 447 g/mol.